The molecule has 0 spiro atoms. The number of nitrogens with one attached hydrogen (secondary N) is 1. The highest BCUT2D eigenvalue weighted by Crippen LogP contribution is 2.30. The van der Waals surface area contributed by atoms with Crippen molar-refractivity contribution in [3.8, 4) is 16.5 Å². The molecular weight excluding hydrogens is 333 g/mol. The van der Waals surface area contributed by atoms with Gasteiger partial charge in [0.15, 0.2) is 6.61 Å². The van der Waals surface area contributed by atoms with Crippen LogP contribution < -0.4 is 10.3 Å². The minimum Gasteiger partial charge on any atom is -0.485 e. The zero-order valence-corrected chi connectivity index (χ0v) is 13.0. The molecule has 0 saturated carbocycles. The Labute approximate surface area is 138 Å². The molecule has 0 aliphatic carbocycles. The number of thiophene rings is 1. The van der Waals surface area contributed by atoms with E-state index < -0.39 is 0 Å². The van der Waals surface area contributed by atoms with Gasteiger partial charge in [0.05, 0.1) is 4.88 Å². The molecule has 24 heavy (non-hydrogen) atoms. The average molecular weight is 343 g/mol. The Hall–Kier alpha value is -3.00. The summed E-state index contributed by atoms with van der Waals surface area (Å²) in [5.41, 5.74) is -0.150. The van der Waals surface area contributed by atoms with Gasteiger partial charge in [-0.05, 0) is 36.4 Å². The van der Waals surface area contributed by atoms with E-state index in [0.29, 0.717) is 27.0 Å². The highest BCUT2D eigenvalue weighted by Gasteiger charge is 2.14. The van der Waals surface area contributed by atoms with Gasteiger partial charge >= 0.3 is 0 Å². The summed E-state index contributed by atoms with van der Waals surface area (Å²) in [6.07, 6.45) is 1.59. The molecule has 0 radical (unpaired) electrons. The second kappa shape index (κ2) is 5.89. The normalized spacial score (nSPS) is 11.0. The third-order valence-electron chi connectivity index (χ3n) is 3.30. The molecule has 3 heterocycles. The van der Waals surface area contributed by atoms with Gasteiger partial charge < -0.3 is 14.2 Å². The van der Waals surface area contributed by atoms with Crippen LogP contribution in [-0.2, 0) is 6.61 Å². The van der Waals surface area contributed by atoms with Gasteiger partial charge in [-0.15, -0.1) is 11.3 Å². The molecule has 0 saturated heterocycles. The van der Waals surface area contributed by atoms with E-state index in [1.807, 2.05) is 12.1 Å². The molecule has 4 aromatic rings. The SMILES string of the molecule is O=c1[nH]ccc2cc(-c3nc(COc4ccc(F)cc4)no3)sc12. The first kappa shape index (κ1) is 14.6. The van der Waals surface area contributed by atoms with Crippen LogP contribution in [-0.4, -0.2) is 15.1 Å². The van der Waals surface area contributed by atoms with Crippen molar-refractivity contribution in [3.63, 3.8) is 0 Å². The Morgan fingerprint density at radius 2 is 2.08 bits per heavy atom. The molecule has 1 aromatic carbocycles. The lowest BCUT2D eigenvalue weighted by Crippen LogP contribution is -2.01. The lowest BCUT2D eigenvalue weighted by molar-refractivity contribution is 0.286. The van der Waals surface area contributed by atoms with Crippen molar-refractivity contribution in [2.75, 3.05) is 0 Å². The van der Waals surface area contributed by atoms with Gasteiger partial charge in [-0.3, -0.25) is 4.79 Å². The van der Waals surface area contributed by atoms with Crippen molar-refractivity contribution < 1.29 is 13.7 Å². The molecule has 0 aliphatic rings. The molecule has 8 heteroatoms. The molecule has 0 amide bonds. The standard InChI is InChI=1S/C16H10FN3O3S/c17-10-1-3-11(4-2-10)22-8-13-19-16(23-20-13)12-7-9-5-6-18-15(21)14(9)24-12/h1-7H,8H2,(H,18,21). The molecule has 4 rings (SSSR count). The lowest BCUT2D eigenvalue weighted by Gasteiger charge is -2.01. The number of ether oxygens (including phenoxy) is 1. The van der Waals surface area contributed by atoms with Crippen molar-refractivity contribution in [1.29, 1.82) is 0 Å². The molecule has 1 N–H and O–H groups in total. The van der Waals surface area contributed by atoms with E-state index in [2.05, 4.69) is 15.1 Å². The molecule has 0 fully saturated rings. The zero-order valence-electron chi connectivity index (χ0n) is 12.2. The number of nitrogens with zero attached hydrogens (tertiary/aromatic N) is 2. The third kappa shape index (κ3) is 2.79. The summed E-state index contributed by atoms with van der Waals surface area (Å²) in [5, 5.41) is 4.67. The van der Waals surface area contributed by atoms with E-state index in [0.717, 1.165) is 5.39 Å². The summed E-state index contributed by atoms with van der Waals surface area (Å²) in [7, 11) is 0. The van der Waals surface area contributed by atoms with Gasteiger partial charge in [0.25, 0.3) is 11.4 Å². The van der Waals surface area contributed by atoms with Crippen LogP contribution in [0.4, 0.5) is 4.39 Å². The molecule has 0 unspecified atom stereocenters. The fourth-order valence-electron chi connectivity index (χ4n) is 2.18. The van der Waals surface area contributed by atoms with Crippen molar-refractivity contribution in [3.05, 3.63) is 64.6 Å². The molecule has 0 atom stereocenters. The fraction of sp³-hybridized carbons (Fsp3) is 0.0625. The van der Waals surface area contributed by atoms with Gasteiger partial charge in [0.1, 0.15) is 16.3 Å². The Morgan fingerprint density at radius 3 is 2.88 bits per heavy atom. The molecule has 0 bridgehead atoms. The number of hydrogen-bond acceptors (Lipinski definition) is 6. The highest BCUT2D eigenvalue weighted by atomic mass is 32.1. The monoisotopic (exact) mass is 343 g/mol. The number of fused-ring (bicyclic) bond motifs is 1. The van der Waals surface area contributed by atoms with Gasteiger partial charge in [-0.25, -0.2) is 4.39 Å². The van der Waals surface area contributed by atoms with Gasteiger partial charge in [0, 0.05) is 11.6 Å². The minimum absolute atomic E-state index is 0.0978. The van der Waals surface area contributed by atoms with Gasteiger partial charge in [0.2, 0.25) is 5.82 Å². The number of benzene rings is 1. The molecule has 6 nitrogen and oxygen atoms in total. The summed E-state index contributed by atoms with van der Waals surface area (Å²) in [4.78, 5) is 19.4. The predicted molar refractivity (Wildman–Crippen MR) is 86.5 cm³/mol. The Morgan fingerprint density at radius 1 is 1.25 bits per heavy atom. The second-order valence-corrected chi connectivity index (χ2v) is 6.01. The van der Waals surface area contributed by atoms with Gasteiger partial charge in [-0.1, -0.05) is 5.16 Å². The van der Waals surface area contributed by atoms with Crippen LogP contribution in [0.5, 0.6) is 5.75 Å². The number of H-pyrrole nitrogens is 1. The Kier molecular flexibility index (Phi) is 3.58. The van der Waals surface area contributed by atoms with Crippen molar-refractivity contribution >= 4 is 21.4 Å². The predicted octanol–water partition coefficient (Wildman–Crippen LogP) is 3.36. The van der Waals surface area contributed by atoms with Crippen LogP contribution in [0, 0.1) is 5.82 Å². The summed E-state index contributed by atoms with van der Waals surface area (Å²) in [5.74, 6) is 0.870. The van der Waals surface area contributed by atoms with E-state index in [1.165, 1.54) is 35.6 Å². The van der Waals surface area contributed by atoms with Crippen LogP contribution in [0.3, 0.4) is 0 Å². The quantitative estimate of drug-likeness (QED) is 0.614. The number of aromatic nitrogens is 3. The first-order valence-corrected chi connectivity index (χ1v) is 7.83. The zero-order chi connectivity index (χ0) is 16.5. The van der Waals surface area contributed by atoms with E-state index in [4.69, 9.17) is 9.26 Å². The van der Waals surface area contributed by atoms with Crippen LogP contribution in [0.25, 0.3) is 20.9 Å². The first-order chi connectivity index (χ1) is 11.7. The number of rotatable bonds is 4. The van der Waals surface area contributed by atoms with E-state index in [1.54, 1.807) is 6.20 Å². The van der Waals surface area contributed by atoms with Crippen molar-refractivity contribution in [1.82, 2.24) is 15.1 Å². The topological polar surface area (TPSA) is 81.0 Å². The lowest BCUT2D eigenvalue weighted by atomic mass is 10.3. The molecule has 3 aromatic heterocycles. The smallest absolute Gasteiger partial charge is 0.268 e. The third-order valence-corrected chi connectivity index (χ3v) is 4.44. The van der Waals surface area contributed by atoms with Crippen molar-refractivity contribution in [2.45, 2.75) is 6.61 Å². The summed E-state index contributed by atoms with van der Waals surface area (Å²) in [6, 6.07) is 9.31. The highest BCUT2D eigenvalue weighted by molar-refractivity contribution is 7.22. The Balaban J connectivity index is 1.54. The fourth-order valence-corrected chi connectivity index (χ4v) is 3.15. The second-order valence-electron chi connectivity index (χ2n) is 4.96. The van der Waals surface area contributed by atoms with E-state index in [-0.39, 0.29) is 18.0 Å². The summed E-state index contributed by atoms with van der Waals surface area (Å²) in [6.45, 7) is 0.0978. The maximum atomic E-state index is 12.8. The van der Waals surface area contributed by atoms with E-state index >= 15 is 0 Å². The molecule has 120 valence electrons. The summed E-state index contributed by atoms with van der Waals surface area (Å²) < 4.78 is 24.1. The number of aromatic amines is 1. The first-order valence-electron chi connectivity index (χ1n) is 7.01. The maximum Gasteiger partial charge on any atom is 0.268 e. The van der Waals surface area contributed by atoms with Gasteiger partial charge in [-0.2, -0.15) is 4.98 Å². The average Bonchev–Trinajstić information content (AvgIpc) is 3.21. The molecule has 0 aliphatic heterocycles. The van der Waals surface area contributed by atoms with Crippen LogP contribution in [0.15, 0.2) is 51.9 Å². The maximum absolute atomic E-state index is 12.8. The van der Waals surface area contributed by atoms with E-state index in [9.17, 15) is 9.18 Å². The molecular formula is C16H10FN3O3S. The number of halogens is 1. The number of pyridine rings is 1. The van der Waals surface area contributed by atoms with Crippen molar-refractivity contribution in [2.24, 2.45) is 0 Å². The number of hydrogen-bond donors (Lipinski definition) is 1. The summed E-state index contributed by atoms with van der Waals surface area (Å²) >= 11 is 1.28. The Bertz CT molecular complexity index is 1050. The van der Waals surface area contributed by atoms with Crippen LogP contribution in [0.2, 0.25) is 0 Å². The largest absolute Gasteiger partial charge is 0.485 e. The van der Waals surface area contributed by atoms with Crippen LogP contribution >= 0.6 is 11.3 Å². The minimum atomic E-state index is -0.330. The van der Waals surface area contributed by atoms with Crippen LogP contribution in [0.1, 0.15) is 5.82 Å².